The largest absolute Gasteiger partial charge is 0.479 e. The summed E-state index contributed by atoms with van der Waals surface area (Å²) >= 11 is 0. The van der Waals surface area contributed by atoms with Gasteiger partial charge in [-0.2, -0.15) is 0 Å². The van der Waals surface area contributed by atoms with Crippen molar-refractivity contribution in [2.45, 2.75) is 45.4 Å². The number of carboxylic acid groups (broad SMARTS) is 1. The van der Waals surface area contributed by atoms with Gasteiger partial charge < -0.3 is 19.7 Å². The van der Waals surface area contributed by atoms with Crippen molar-refractivity contribution >= 4 is 28.5 Å². The van der Waals surface area contributed by atoms with Crippen LogP contribution < -0.4 is 5.32 Å². The molecule has 9 nitrogen and oxygen atoms in total. The zero-order valence-corrected chi connectivity index (χ0v) is 16.0. The van der Waals surface area contributed by atoms with Crippen molar-refractivity contribution in [2.75, 3.05) is 6.61 Å². The van der Waals surface area contributed by atoms with E-state index in [-0.39, 0.29) is 24.8 Å². The van der Waals surface area contributed by atoms with Crippen LogP contribution in [0.4, 0.5) is 5.69 Å². The van der Waals surface area contributed by atoms with E-state index in [0.717, 1.165) is 0 Å². The number of ether oxygens (including phenoxy) is 1. The van der Waals surface area contributed by atoms with Gasteiger partial charge in [0.15, 0.2) is 0 Å². The number of nitro benzene ring substituents is 1. The molecule has 0 aliphatic heterocycles. The topological polar surface area (TPSA) is 124 Å². The Morgan fingerprint density at radius 2 is 2.11 bits per heavy atom. The molecule has 1 aromatic carbocycles. The number of aromatic nitrogens is 1. The van der Waals surface area contributed by atoms with E-state index in [0.29, 0.717) is 17.5 Å². The van der Waals surface area contributed by atoms with Crippen LogP contribution in [-0.2, 0) is 20.9 Å². The molecule has 0 radical (unpaired) electrons. The van der Waals surface area contributed by atoms with Crippen LogP contribution in [0.25, 0.3) is 10.9 Å². The molecular formula is C19H23N3O6. The fraction of sp³-hybridized carbons (Fsp3) is 0.474. The van der Waals surface area contributed by atoms with Crippen molar-refractivity contribution in [3.05, 3.63) is 40.6 Å². The summed E-state index contributed by atoms with van der Waals surface area (Å²) in [7, 11) is 0. The minimum atomic E-state index is -1.40. The van der Waals surface area contributed by atoms with Crippen LogP contribution in [0.3, 0.4) is 0 Å². The van der Waals surface area contributed by atoms with E-state index in [1.165, 1.54) is 12.1 Å². The molecule has 1 aliphatic carbocycles. The molecule has 0 spiro atoms. The van der Waals surface area contributed by atoms with E-state index < -0.39 is 27.8 Å². The number of fused-ring (bicyclic) bond motifs is 1. The lowest BCUT2D eigenvalue weighted by Gasteiger charge is -2.58. The summed E-state index contributed by atoms with van der Waals surface area (Å²) in [5.41, 5.74) is -1.53. The molecule has 1 amide bonds. The summed E-state index contributed by atoms with van der Waals surface area (Å²) in [5.74, 6) is -1.53. The third-order valence-corrected chi connectivity index (χ3v) is 5.76. The Morgan fingerprint density at radius 3 is 2.68 bits per heavy atom. The predicted molar refractivity (Wildman–Crippen MR) is 101 cm³/mol. The number of aliphatic carboxylic acids is 1. The van der Waals surface area contributed by atoms with Crippen molar-refractivity contribution in [1.29, 1.82) is 0 Å². The third kappa shape index (κ3) is 3.01. The first-order valence-corrected chi connectivity index (χ1v) is 9.01. The SMILES string of the molecule is CCOC1CC(NC(=O)Cn2ccc3cc([N+](=O)[O-])ccc32)(C(=O)O)C1(C)C. The van der Waals surface area contributed by atoms with Gasteiger partial charge >= 0.3 is 5.97 Å². The lowest BCUT2D eigenvalue weighted by atomic mass is 9.54. The number of carboxylic acids is 1. The Bertz CT molecular complexity index is 950. The Balaban J connectivity index is 1.79. The molecule has 3 rings (SSSR count). The third-order valence-electron chi connectivity index (χ3n) is 5.76. The highest BCUT2D eigenvalue weighted by Gasteiger charge is 2.66. The molecule has 9 heteroatoms. The van der Waals surface area contributed by atoms with Crippen LogP contribution in [0, 0.1) is 15.5 Å². The quantitative estimate of drug-likeness (QED) is 0.553. The standard InChI is InChI=1S/C19H23N3O6/c1-4-28-15-10-19(17(24)25,18(15,2)3)20-16(23)11-21-8-7-12-9-13(22(26)27)5-6-14(12)21/h5-9,15H,4,10-11H2,1-3H3,(H,20,23)(H,24,25). The summed E-state index contributed by atoms with van der Waals surface area (Å²) in [6, 6.07) is 6.06. The van der Waals surface area contributed by atoms with Gasteiger partial charge in [0.1, 0.15) is 12.1 Å². The van der Waals surface area contributed by atoms with Crippen molar-refractivity contribution in [2.24, 2.45) is 5.41 Å². The predicted octanol–water partition coefficient (Wildman–Crippen LogP) is 2.32. The molecule has 2 atom stereocenters. The molecule has 0 saturated heterocycles. The molecule has 1 aliphatic rings. The summed E-state index contributed by atoms with van der Waals surface area (Å²) in [6.07, 6.45) is 1.60. The van der Waals surface area contributed by atoms with E-state index in [2.05, 4.69) is 5.32 Å². The maximum atomic E-state index is 12.7. The fourth-order valence-corrected chi connectivity index (χ4v) is 3.91. The molecule has 1 heterocycles. The minimum Gasteiger partial charge on any atom is -0.479 e. The monoisotopic (exact) mass is 389 g/mol. The summed E-state index contributed by atoms with van der Waals surface area (Å²) < 4.78 is 7.23. The Kier molecular flexibility index (Phi) is 4.88. The van der Waals surface area contributed by atoms with E-state index in [4.69, 9.17) is 4.74 Å². The lowest BCUT2D eigenvalue weighted by Crippen LogP contribution is -2.76. The van der Waals surface area contributed by atoms with Gasteiger partial charge in [-0.1, -0.05) is 13.8 Å². The second-order valence-electron chi connectivity index (χ2n) is 7.57. The summed E-state index contributed by atoms with van der Waals surface area (Å²) in [6.45, 7) is 5.77. The fourth-order valence-electron chi connectivity index (χ4n) is 3.91. The van der Waals surface area contributed by atoms with Gasteiger partial charge in [-0.05, 0) is 19.1 Å². The van der Waals surface area contributed by atoms with Gasteiger partial charge in [-0.15, -0.1) is 0 Å². The van der Waals surface area contributed by atoms with Crippen molar-refractivity contribution in [3.8, 4) is 0 Å². The van der Waals surface area contributed by atoms with Crippen LogP contribution in [0.15, 0.2) is 30.5 Å². The van der Waals surface area contributed by atoms with Crippen LogP contribution in [-0.4, -0.2) is 44.7 Å². The summed E-state index contributed by atoms with van der Waals surface area (Å²) in [4.78, 5) is 35.0. The normalized spacial score (nSPS) is 23.2. The van der Waals surface area contributed by atoms with E-state index in [1.54, 1.807) is 36.7 Å². The number of benzene rings is 1. The highest BCUT2D eigenvalue weighted by molar-refractivity contribution is 5.90. The smallest absolute Gasteiger partial charge is 0.330 e. The highest BCUT2D eigenvalue weighted by atomic mass is 16.6. The van der Waals surface area contributed by atoms with E-state index >= 15 is 0 Å². The van der Waals surface area contributed by atoms with E-state index in [9.17, 15) is 24.8 Å². The number of hydrogen-bond donors (Lipinski definition) is 2. The Morgan fingerprint density at radius 1 is 1.39 bits per heavy atom. The number of amides is 1. The molecule has 150 valence electrons. The lowest BCUT2D eigenvalue weighted by molar-refractivity contribution is -0.384. The van der Waals surface area contributed by atoms with Gasteiger partial charge in [0.2, 0.25) is 5.91 Å². The Hall–Kier alpha value is -2.94. The molecule has 0 bridgehead atoms. The minimum absolute atomic E-state index is 0.0299. The highest BCUT2D eigenvalue weighted by Crippen LogP contribution is 2.51. The molecule has 1 fully saturated rings. The number of carbonyl (C=O) groups excluding carboxylic acids is 1. The van der Waals surface area contributed by atoms with Gasteiger partial charge in [-0.3, -0.25) is 14.9 Å². The second kappa shape index (κ2) is 6.90. The van der Waals surface area contributed by atoms with Crippen LogP contribution in [0.5, 0.6) is 0 Å². The van der Waals surface area contributed by atoms with Gasteiger partial charge in [0, 0.05) is 47.7 Å². The molecule has 1 aromatic heterocycles. The maximum Gasteiger partial charge on any atom is 0.330 e. The first-order valence-electron chi connectivity index (χ1n) is 9.01. The van der Waals surface area contributed by atoms with Crippen LogP contribution >= 0.6 is 0 Å². The molecular weight excluding hydrogens is 366 g/mol. The van der Waals surface area contributed by atoms with Crippen LogP contribution in [0.2, 0.25) is 0 Å². The van der Waals surface area contributed by atoms with Crippen molar-refractivity contribution < 1.29 is 24.4 Å². The van der Waals surface area contributed by atoms with Gasteiger partial charge in [0.05, 0.1) is 11.0 Å². The zero-order chi connectivity index (χ0) is 20.7. The van der Waals surface area contributed by atoms with Crippen LogP contribution in [0.1, 0.15) is 27.2 Å². The second-order valence-corrected chi connectivity index (χ2v) is 7.57. The average Bonchev–Trinajstić information content (AvgIpc) is 3.02. The molecule has 2 aromatic rings. The van der Waals surface area contributed by atoms with Gasteiger partial charge in [-0.25, -0.2) is 4.79 Å². The number of carbonyl (C=O) groups is 2. The molecule has 28 heavy (non-hydrogen) atoms. The maximum absolute atomic E-state index is 12.7. The number of rotatable bonds is 7. The zero-order valence-electron chi connectivity index (χ0n) is 16.0. The van der Waals surface area contributed by atoms with Crippen molar-refractivity contribution in [1.82, 2.24) is 9.88 Å². The Labute approximate surface area is 161 Å². The average molecular weight is 389 g/mol. The number of nitro groups is 1. The van der Waals surface area contributed by atoms with Gasteiger partial charge in [0.25, 0.3) is 5.69 Å². The number of nitrogens with one attached hydrogen (secondary N) is 1. The number of non-ortho nitro benzene ring substituents is 1. The number of hydrogen-bond acceptors (Lipinski definition) is 5. The van der Waals surface area contributed by atoms with E-state index in [1.807, 2.05) is 6.92 Å². The molecule has 2 N–H and O–H groups in total. The first kappa shape index (κ1) is 19.8. The first-order chi connectivity index (χ1) is 13.1. The van der Waals surface area contributed by atoms with Crippen molar-refractivity contribution in [3.63, 3.8) is 0 Å². The summed E-state index contributed by atoms with van der Waals surface area (Å²) in [5, 5.41) is 24.0. The molecule has 1 saturated carbocycles. The number of nitrogens with zero attached hydrogens (tertiary/aromatic N) is 2. The molecule has 2 unspecified atom stereocenters.